The summed E-state index contributed by atoms with van der Waals surface area (Å²) >= 11 is 0. The minimum absolute atomic E-state index is 0.176. The topological polar surface area (TPSA) is 86.4 Å². The number of halogens is 1. The number of nitrogens with one attached hydrogen (secondary N) is 2. The monoisotopic (exact) mass is 488 g/mol. The summed E-state index contributed by atoms with van der Waals surface area (Å²) < 4.78 is 20.9. The van der Waals surface area contributed by atoms with Gasteiger partial charge < -0.3 is 24.8 Å². The van der Waals surface area contributed by atoms with E-state index in [1.54, 1.807) is 23.2 Å². The van der Waals surface area contributed by atoms with E-state index in [9.17, 15) is 4.79 Å². The third-order valence-corrected chi connectivity index (χ3v) is 6.14. The predicted molar refractivity (Wildman–Crippen MR) is 137 cm³/mol. The molecule has 0 unspecified atom stereocenters. The molecular formula is C27H29FN6O2. The van der Waals surface area contributed by atoms with Crippen molar-refractivity contribution in [3.63, 3.8) is 0 Å². The van der Waals surface area contributed by atoms with E-state index in [1.807, 2.05) is 44.4 Å². The van der Waals surface area contributed by atoms with Gasteiger partial charge in [-0.3, -0.25) is 0 Å². The fraction of sp³-hybridized carbons (Fsp3) is 0.296. The molecule has 2 amide bonds. The largest absolute Gasteiger partial charge is 0.492 e. The average molecular weight is 489 g/mol. The smallest absolute Gasteiger partial charge is 0.322 e. The third kappa shape index (κ3) is 5.46. The number of carbonyl (C=O) groups is 1. The number of benzene rings is 2. The maximum absolute atomic E-state index is 15.1. The summed E-state index contributed by atoms with van der Waals surface area (Å²) in [6.45, 7) is 1.87. The Balaban J connectivity index is 1.28. The van der Waals surface area contributed by atoms with Gasteiger partial charge in [-0.2, -0.15) is 0 Å². The Kier molecular flexibility index (Phi) is 6.81. The van der Waals surface area contributed by atoms with E-state index in [0.29, 0.717) is 35.7 Å². The third-order valence-electron chi connectivity index (χ3n) is 6.14. The first-order valence-electron chi connectivity index (χ1n) is 12.0. The van der Waals surface area contributed by atoms with Crippen LogP contribution in [0.1, 0.15) is 18.4 Å². The molecule has 0 bridgehead atoms. The van der Waals surface area contributed by atoms with Crippen molar-refractivity contribution in [2.75, 3.05) is 32.6 Å². The molecule has 1 saturated carbocycles. The van der Waals surface area contributed by atoms with Crippen LogP contribution in [0.3, 0.4) is 0 Å². The summed E-state index contributed by atoms with van der Waals surface area (Å²) in [4.78, 5) is 28.5. The van der Waals surface area contributed by atoms with Crippen LogP contribution in [0.5, 0.6) is 5.75 Å². The molecule has 1 fully saturated rings. The van der Waals surface area contributed by atoms with E-state index in [2.05, 4.69) is 25.2 Å². The Morgan fingerprint density at radius 3 is 2.81 bits per heavy atom. The van der Waals surface area contributed by atoms with Crippen molar-refractivity contribution in [3.05, 3.63) is 72.4 Å². The normalized spacial score (nSPS) is 13.2. The summed E-state index contributed by atoms with van der Waals surface area (Å²) in [7, 11) is 4.00. The molecule has 2 aromatic carbocycles. The Morgan fingerprint density at radius 1 is 1.17 bits per heavy atom. The lowest BCUT2D eigenvalue weighted by atomic mass is 10.1. The van der Waals surface area contributed by atoms with Gasteiger partial charge in [-0.1, -0.05) is 12.1 Å². The first-order valence-corrected chi connectivity index (χ1v) is 12.0. The second-order valence-electron chi connectivity index (χ2n) is 9.25. The van der Waals surface area contributed by atoms with E-state index in [4.69, 9.17) is 4.74 Å². The van der Waals surface area contributed by atoms with Gasteiger partial charge in [0.15, 0.2) is 0 Å². The minimum atomic E-state index is -0.463. The van der Waals surface area contributed by atoms with Crippen LogP contribution in [0.4, 0.5) is 14.9 Å². The molecule has 4 aromatic rings. The minimum Gasteiger partial charge on any atom is -0.492 e. The number of nitrogens with zero attached hydrogens (tertiary/aromatic N) is 4. The fourth-order valence-electron chi connectivity index (χ4n) is 4.10. The number of hydrogen-bond donors (Lipinski definition) is 2. The molecule has 2 N–H and O–H groups in total. The molecule has 186 valence electrons. The summed E-state index contributed by atoms with van der Waals surface area (Å²) in [5, 5.41) is 3.60. The van der Waals surface area contributed by atoms with Crippen LogP contribution in [0.25, 0.3) is 22.3 Å². The molecule has 8 nitrogen and oxygen atoms in total. The predicted octanol–water partition coefficient (Wildman–Crippen LogP) is 4.90. The van der Waals surface area contributed by atoms with Gasteiger partial charge in [0, 0.05) is 42.0 Å². The number of amides is 2. The van der Waals surface area contributed by atoms with Gasteiger partial charge in [0.25, 0.3) is 0 Å². The number of carbonyl (C=O) groups excluding carboxylic acids is 1. The van der Waals surface area contributed by atoms with Crippen LogP contribution in [0.2, 0.25) is 0 Å². The van der Waals surface area contributed by atoms with Crippen molar-refractivity contribution in [2.24, 2.45) is 0 Å². The lowest BCUT2D eigenvalue weighted by Gasteiger charge is -2.23. The zero-order valence-electron chi connectivity index (χ0n) is 20.4. The van der Waals surface area contributed by atoms with Crippen LogP contribution in [0.15, 0.2) is 61.1 Å². The highest BCUT2D eigenvalue weighted by Crippen LogP contribution is 2.31. The first kappa shape index (κ1) is 23.7. The SMILES string of the molecule is CN(C)CCOc1cccc(CN(C(=O)Nc2ccc(-c3ncnc4[nH]ccc34)c(F)c2)C2CC2)c1. The second kappa shape index (κ2) is 10.3. The molecule has 0 aliphatic heterocycles. The van der Waals surface area contributed by atoms with Crippen molar-refractivity contribution >= 4 is 22.8 Å². The highest BCUT2D eigenvalue weighted by Gasteiger charge is 2.33. The molecule has 1 aliphatic carbocycles. The highest BCUT2D eigenvalue weighted by molar-refractivity contribution is 5.92. The number of rotatable bonds is 9. The molecule has 0 saturated heterocycles. The zero-order chi connectivity index (χ0) is 25.1. The van der Waals surface area contributed by atoms with E-state index in [-0.39, 0.29) is 12.1 Å². The molecule has 5 rings (SSSR count). The van der Waals surface area contributed by atoms with Crippen molar-refractivity contribution in [3.8, 4) is 17.0 Å². The van der Waals surface area contributed by atoms with Crippen molar-refractivity contribution in [1.29, 1.82) is 0 Å². The van der Waals surface area contributed by atoms with Gasteiger partial charge >= 0.3 is 6.03 Å². The second-order valence-corrected chi connectivity index (χ2v) is 9.25. The fourth-order valence-corrected chi connectivity index (χ4v) is 4.10. The molecule has 36 heavy (non-hydrogen) atoms. The summed E-state index contributed by atoms with van der Waals surface area (Å²) in [6, 6.07) is 14.2. The number of fused-ring (bicyclic) bond motifs is 1. The van der Waals surface area contributed by atoms with Gasteiger partial charge in [-0.25, -0.2) is 19.2 Å². The Labute approximate surface area is 209 Å². The molecular weight excluding hydrogens is 459 g/mol. The molecule has 0 radical (unpaired) electrons. The summed E-state index contributed by atoms with van der Waals surface area (Å²) in [6.07, 6.45) is 5.06. The Morgan fingerprint density at radius 2 is 2.03 bits per heavy atom. The lowest BCUT2D eigenvalue weighted by Crippen LogP contribution is -2.36. The summed E-state index contributed by atoms with van der Waals surface area (Å²) in [5.74, 6) is 0.318. The molecule has 2 heterocycles. The number of aromatic amines is 1. The highest BCUT2D eigenvalue weighted by atomic mass is 19.1. The van der Waals surface area contributed by atoms with E-state index in [1.165, 1.54) is 12.4 Å². The van der Waals surface area contributed by atoms with E-state index < -0.39 is 5.82 Å². The maximum Gasteiger partial charge on any atom is 0.322 e. The van der Waals surface area contributed by atoms with E-state index >= 15 is 4.39 Å². The van der Waals surface area contributed by atoms with Crippen LogP contribution < -0.4 is 10.1 Å². The first-order chi connectivity index (χ1) is 17.5. The molecule has 0 spiro atoms. The van der Waals surface area contributed by atoms with Crippen molar-refractivity contribution in [2.45, 2.75) is 25.4 Å². The number of anilines is 1. The molecule has 9 heteroatoms. The van der Waals surface area contributed by atoms with Crippen molar-refractivity contribution in [1.82, 2.24) is 24.8 Å². The maximum atomic E-state index is 15.1. The van der Waals surface area contributed by atoms with Gasteiger partial charge in [-0.15, -0.1) is 0 Å². The van der Waals surface area contributed by atoms with Crippen LogP contribution in [-0.2, 0) is 6.54 Å². The quantitative estimate of drug-likeness (QED) is 0.350. The Bertz CT molecular complexity index is 1370. The number of aromatic nitrogens is 3. The Hall–Kier alpha value is -3.98. The van der Waals surface area contributed by atoms with E-state index in [0.717, 1.165) is 36.1 Å². The van der Waals surface area contributed by atoms with Crippen LogP contribution >= 0.6 is 0 Å². The van der Waals surface area contributed by atoms with Crippen LogP contribution in [0, 0.1) is 5.82 Å². The number of urea groups is 1. The number of likely N-dealkylation sites (N-methyl/N-ethyl adjacent to an activating group) is 1. The summed E-state index contributed by atoms with van der Waals surface area (Å²) in [5.41, 5.74) is 2.88. The van der Waals surface area contributed by atoms with Crippen molar-refractivity contribution < 1.29 is 13.9 Å². The molecule has 2 aromatic heterocycles. The molecule has 1 aliphatic rings. The number of H-pyrrole nitrogens is 1. The van der Waals surface area contributed by atoms with Gasteiger partial charge in [-0.05, 0) is 68.9 Å². The number of hydrogen-bond acceptors (Lipinski definition) is 5. The average Bonchev–Trinajstić information content (AvgIpc) is 3.58. The van der Waals surface area contributed by atoms with Crippen LogP contribution in [-0.4, -0.2) is 64.1 Å². The zero-order valence-corrected chi connectivity index (χ0v) is 20.4. The van der Waals surface area contributed by atoms with Gasteiger partial charge in [0.05, 0.1) is 5.69 Å². The van der Waals surface area contributed by atoms with Gasteiger partial charge in [0.2, 0.25) is 0 Å². The standard InChI is InChI=1S/C27H29FN6O2/c1-33(2)12-13-36-21-5-3-4-18(14-21)16-34(20-7-8-20)27(35)32-19-6-9-22(24(28)15-19)25-23-10-11-29-26(23)31-17-30-25/h3-6,9-11,14-15,17,20H,7-8,12-13,16H2,1-2H3,(H,32,35)(H,29,30,31). The molecule has 0 atom stereocenters. The van der Waals surface area contributed by atoms with Gasteiger partial charge in [0.1, 0.15) is 30.1 Å². The number of ether oxygens (including phenoxy) is 1. The lowest BCUT2D eigenvalue weighted by molar-refractivity contribution is 0.206.